The van der Waals surface area contributed by atoms with Gasteiger partial charge in [0.05, 0.1) is 25.2 Å². The van der Waals surface area contributed by atoms with Gasteiger partial charge in [0, 0.05) is 25.4 Å². The summed E-state index contributed by atoms with van der Waals surface area (Å²) < 4.78 is 9.99. The van der Waals surface area contributed by atoms with E-state index in [4.69, 9.17) is 9.47 Å². The Balaban J connectivity index is 1.92. The van der Waals surface area contributed by atoms with Crippen LogP contribution in [0.3, 0.4) is 0 Å². The van der Waals surface area contributed by atoms with E-state index in [0.717, 1.165) is 0 Å². The molecule has 6 nitrogen and oxygen atoms in total. The highest BCUT2D eigenvalue weighted by molar-refractivity contribution is 5.94. The summed E-state index contributed by atoms with van der Waals surface area (Å²) in [6.07, 6.45) is 2.81. The van der Waals surface area contributed by atoms with Crippen LogP contribution in [0.25, 0.3) is 0 Å². The highest BCUT2D eigenvalue weighted by Crippen LogP contribution is 2.20. The number of aromatic nitrogens is 1. The smallest absolute Gasteiger partial charge is 0.309 e. The number of carbonyl (C=O) groups is 2. The molecule has 1 aliphatic rings. The maximum absolute atomic E-state index is 12.3. The third-order valence-electron chi connectivity index (χ3n) is 3.59. The molecule has 1 aliphatic heterocycles. The third kappa shape index (κ3) is 3.71. The number of nitrogens with zero attached hydrogens (tertiary/aromatic N) is 2. The number of pyridine rings is 1. The van der Waals surface area contributed by atoms with Gasteiger partial charge >= 0.3 is 5.97 Å². The van der Waals surface area contributed by atoms with Crippen LogP contribution in [0.2, 0.25) is 0 Å². The topological polar surface area (TPSA) is 68.7 Å². The molecule has 6 heteroatoms. The maximum Gasteiger partial charge on any atom is 0.309 e. The number of rotatable bonds is 4. The van der Waals surface area contributed by atoms with Crippen molar-refractivity contribution in [1.29, 1.82) is 0 Å². The maximum atomic E-state index is 12.3. The summed E-state index contributed by atoms with van der Waals surface area (Å²) in [4.78, 5) is 29.8. The number of esters is 1. The molecule has 0 saturated carbocycles. The molecule has 1 aromatic rings. The third-order valence-corrected chi connectivity index (χ3v) is 3.59. The fourth-order valence-corrected chi connectivity index (χ4v) is 2.39. The minimum atomic E-state index is -0.157. The van der Waals surface area contributed by atoms with Gasteiger partial charge < -0.3 is 14.4 Å². The van der Waals surface area contributed by atoms with E-state index in [-0.39, 0.29) is 17.8 Å². The molecule has 1 amide bonds. The van der Waals surface area contributed by atoms with Crippen molar-refractivity contribution in [2.45, 2.75) is 19.8 Å². The van der Waals surface area contributed by atoms with Crippen molar-refractivity contribution >= 4 is 11.9 Å². The molecule has 0 N–H and O–H groups in total. The standard InChI is InChI=1S/C15H20N2O4/c1-3-21-15(19)11-6-8-17(9-7-11)14(18)12-4-5-13(20-2)16-10-12/h4-5,10-11H,3,6-9H2,1-2H3. The number of ether oxygens (including phenoxy) is 2. The molecule has 114 valence electrons. The lowest BCUT2D eigenvalue weighted by Crippen LogP contribution is -2.40. The van der Waals surface area contributed by atoms with Crippen molar-refractivity contribution in [3.8, 4) is 5.88 Å². The average Bonchev–Trinajstić information content (AvgIpc) is 2.54. The Bertz CT molecular complexity index is 493. The van der Waals surface area contributed by atoms with E-state index in [1.54, 1.807) is 24.0 Å². The molecule has 2 heterocycles. The number of hydrogen-bond donors (Lipinski definition) is 0. The SMILES string of the molecule is CCOC(=O)C1CCN(C(=O)c2ccc(OC)nc2)CC1. The van der Waals surface area contributed by atoms with E-state index in [1.807, 2.05) is 0 Å². The van der Waals surface area contributed by atoms with Crippen LogP contribution in [0.15, 0.2) is 18.3 Å². The number of carbonyl (C=O) groups excluding carboxylic acids is 2. The van der Waals surface area contributed by atoms with Crippen LogP contribution in [-0.2, 0) is 9.53 Å². The van der Waals surface area contributed by atoms with Crippen molar-refractivity contribution in [3.63, 3.8) is 0 Å². The lowest BCUT2D eigenvalue weighted by Gasteiger charge is -2.30. The molecule has 0 unspecified atom stereocenters. The quantitative estimate of drug-likeness (QED) is 0.787. The molecular formula is C15H20N2O4. The van der Waals surface area contributed by atoms with Crippen LogP contribution in [0.1, 0.15) is 30.1 Å². The van der Waals surface area contributed by atoms with Gasteiger partial charge in [-0.2, -0.15) is 0 Å². The van der Waals surface area contributed by atoms with Gasteiger partial charge in [-0.05, 0) is 25.8 Å². The average molecular weight is 292 g/mol. The highest BCUT2D eigenvalue weighted by atomic mass is 16.5. The van der Waals surface area contributed by atoms with Crippen molar-refractivity contribution in [2.24, 2.45) is 5.92 Å². The first-order valence-corrected chi connectivity index (χ1v) is 7.11. The summed E-state index contributed by atoms with van der Waals surface area (Å²) in [5.41, 5.74) is 0.533. The summed E-state index contributed by atoms with van der Waals surface area (Å²) in [7, 11) is 1.53. The monoisotopic (exact) mass is 292 g/mol. The van der Waals surface area contributed by atoms with Crippen LogP contribution in [0.4, 0.5) is 0 Å². The molecular weight excluding hydrogens is 272 g/mol. The first kappa shape index (κ1) is 15.3. The predicted molar refractivity (Wildman–Crippen MR) is 76.0 cm³/mol. The van der Waals surface area contributed by atoms with Crippen LogP contribution in [-0.4, -0.2) is 48.6 Å². The summed E-state index contributed by atoms with van der Waals surface area (Å²) in [5, 5.41) is 0. The van der Waals surface area contributed by atoms with Gasteiger partial charge in [-0.25, -0.2) is 4.98 Å². The molecule has 0 bridgehead atoms. The Morgan fingerprint density at radius 3 is 2.57 bits per heavy atom. The fraction of sp³-hybridized carbons (Fsp3) is 0.533. The normalized spacial score (nSPS) is 15.6. The van der Waals surface area contributed by atoms with Crippen molar-refractivity contribution in [2.75, 3.05) is 26.8 Å². The molecule has 1 aromatic heterocycles. The number of piperidine rings is 1. The van der Waals surface area contributed by atoms with Gasteiger partial charge in [0.2, 0.25) is 5.88 Å². The second-order valence-electron chi connectivity index (χ2n) is 4.91. The van der Waals surface area contributed by atoms with Crippen molar-refractivity contribution in [1.82, 2.24) is 9.88 Å². The van der Waals surface area contributed by atoms with Gasteiger partial charge in [-0.3, -0.25) is 9.59 Å². The second kappa shape index (κ2) is 7.06. The fourth-order valence-electron chi connectivity index (χ4n) is 2.39. The zero-order valence-electron chi connectivity index (χ0n) is 12.4. The molecule has 0 radical (unpaired) electrons. The molecule has 0 atom stereocenters. The number of amides is 1. The van der Waals surface area contributed by atoms with E-state index in [2.05, 4.69) is 4.98 Å². The minimum absolute atomic E-state index is 0.0625. The van der Waals surface area contributed by atoms with E-state index >= 15 is 0 Å². The van der Waals surface area contributed by atoms with Crippen molar-refractivity contribution < 1.29 is 19.1 Å². The van der Waals surface area contributed by atoms with Crippen molar-refractivity contribution in [3.05, 3.63) is 23.9 Å². The van der Waals surface area contributed by atoms with Gasteiger partial charge in [0.25, 0.3) is 5.91 Å². The minimum Gasteiger partial charge on any atom is -0.481 e. The van der Waals surface area contributed by atoms with Gasteiger partial charge in [0.1, 0.15) is 0 Å². The Morgan fingerprint density at radius 2 is 2.05 bits per heavy atom. The Kier molecular flexibility index (Phi) is 5.14. The molecule has 1 saturated heterocycles. The van der Waals surface area contributed by atoms with Gasteiger partial charge in [-0.15, -0.1) is 0 Å². The highest BCUT2D eigenvalue weighted by Gasteiger charge is 2.28. The number of hydrogen-bond acceptors (Lipinski definition) is 5. The Labute approximate surface area is 124 Å². The molecule has 2 rings (SSSR count). The van der Waals surface area contributed by atoms with E-state index in [0.29, 0.717) is 44.0 Å². The van der Waals surface area contributed by atoms with E-state index in [1.165, 1.54) is 13.3 Å². The van der Waals surface area contributed by atoms with Gasteiger partial charge in [0.15, 0.2) is 0 Å². The molecule has 0 aromatic carbocycles. The molecule has 21 heavy (non-hydrogen) atoms. The second-order valence-corrected chi connectivity index (χ2v) is 4.91. The Hall–Kier alpha value is -2.11. The zero-order chi connectivity index (χ0) is 15.2. The van der Waals surface area contributed by atoms with Crippen LogP contribution in [0, 0.1) is 5.92 Å². The lowest BCUT2D eigenvalue weighted by atomic mass is 9.96. The van der Waals surface area contributed by atoms with Gasteiger partial charge in [-0.1, -0.05) is 0 Å². The summed E-state index contributed by atoms with van der Waals surface area (Å²) >= 11 is 0. The largest absolute Gasteiger partial charge is 0.481 e. The number of likely N-dealkylation sites (tertiary alicyclic amines) is 1. The lowest BCUT2D eigenvalue weighted by molar-refractivity contribution is -0.149. The summed E-state index contributed by atoms with van der Waals surface area (Å²) in [6, 6.07) is 3.37. The molecule has 0 aliphatic carbocycles. The van der Waals surface area contributed by atoms with Crippen LogP contribution >= 0.6 is 0 Å². The molecule has 0 spiro atoms. The summed E-state index contributed by atoms with van der Waals surface area (Å²) in [5.74, 6) is 0.165. The van der Waals surface area contributed by atoms with Crippen LogP contribution < -0.4 is 4.74 Å². The van der Waals surface area contributed by atoms with E-state index in [9.17, 15) is 9.59 Å². The zero-order valence-corrected chi connectivity index (χ0v) is 12.4. The summed E-state index contributed by atoms with van der Waals surface area (Å²) in [6.45, 7) is 3.32. The first-order chi connectivity index (χ1) is 10.2. The Morgan fingerprint density at radius 1 is 1.33 bits per heavy atom. The molecule has 1 fully saturated rings. The van der Waals surface area contributed by atoms with E-state index < -0.39 is 0 Å². The van der Waals surface area contributed by atoms with Crippen LogP contribution in [0.5, 0.6) is 5.88 Å². The first-order valence-electron chi connectivity index (χ1n) is 7.11. The predicted octanol–water partition coefficient (Wildman–Crippen LogP) is 1.51. The number of methoxy groups -OCH3 is 1.